The van der Waals surface area contributed by atoms with E-state index < -0.39 is 9.84 Å². The Bertz CT molecular complexity index is 1160. The zero-order valence-electron chi connectivity index (χ0n) is 17.8. The van der Waals surface area contributed by atoms with Crippen molar-refractivity contribution < 1.29 is 13.9 Å². The molecule has 0 unspecified atom stereocenters. The molecular formula is C21H30ClN5O3S. The van der Waals surface area contributed by atoms with Gasteiger partial charge in [0.05, 0.1) is 22.6 Å². The first-order valence-electron chi connectivity index (χ1n) is 10.1. The Morgan fingerprint density at radius 3 is 2.52 bits per heavy atom. The number of rotatable bonds is 8. The van der Waals surface area contributed by atoms with Gasteiger partial charge in [0.15, 0.2) is 0 Å². The third kappa shape index (κ3) is 4.16. The molecule has 5 N–H and O–H groups in total. The smallest absolute Gasteiger partial charge is 0.210 e. The normalized spacial score (nSPS) is 13.4. The molecule has 170 valence electrons. The Hall–Kier alpha value is -2.17. The Labute approximate surface area is 189 Å². The maximum Gasteiger partial charge on any atom is 0.210 e. The van der Waals surface area contributed by atoms with E-state index in [1.54, 1.807) is 12.1 Å². The molecule has 10 heteroatoms. The number of nitrogens with zero attached hydrogens (tertiary/aromatic N) is 3. The van der Waals surface area contributed by atoms with Crippen molar-refractivity contribution in [3.63, 3.8) is 0 Å². The van der Waals surface area contributed by atoms with Crippen LogP contribution in [0, 0.1) is 0 Å². The maximum absolute atomic E-state index is 13.5. The molecule has 0 aliphatic carbocycles. The van der Waals surface area contributed by atoms with E-state index in [1.807, 2.05) is 28.9 Å². The molecule has 0 bridgehead atoms. The monoisotopic (exact) mass is 467 g/mol. The number of nitrogens with one attached hydrogen (secondary N) is 1. The second kappa shape index (κ2) is 9.97. The number of fused-ring (bicyclic) bond motifs is 2. The summed E-state index contributed by atoms with van der Waals surface area (Å²) in [4.78, 5) is 2.95. The van der Waals surface area contributed by atoms with Crippen molar-refractivity contribution >= 4 is 38.8 Å². The van der Waals surface area contributed by atoms with E-state index in [1.165, 1.54) is 0 Å². The number of aromatic nitrogens is 2. The Balaban J connectivity index is 0.00000171. The number of hydrogen-bond acceptors (Lipinski definition) is 6. The summed E-state index contributed by atoms with van der Waals surface area (Å²) in [7, 11) is -3.66. The van der Waals surface area contributed by atoms with Crippen molar-refractivity contribution in [2.45, 2.75) is 30.2 Å². The molecule has 0 saturated carbocycles. The van der Waals surface area contributed by atoms with Crippen LogP contribution in [-0.2, 0) is 16.4 Å². The maximum atomic E-state index is 13.5. The number of hydrogen-bond donors (Lipinski definition) is 2. The molecule has 4 rings (SSSR count). The van der Waals surface area contributed by atoms with Gasteiger partial charge in [-0.15, -0.1) is 12.4 Å². The highest BCUT2D eigenvalue weighted by Crippen LogP contribution is 2.46. The summed E-state index contributed by atoms with van der Waals surface area (Å²) < 4.78 is 29.0. The summed E-state index contributed by atoms with van der Waals surface area (Å²) in [6.45, 7) is 8.71. The van der Waals surface area contributed by atoms with Gasteiger partial charge in [-0.05, 0) is 31.3 Å². The summed E-state index contributed by atoms with van der Waals surface area (Å²) >= 11 is 0. The Kier molecular flexibility index (Phi) is 8.07. The number of likely N-dealkylation sites (N-methyl/N-ethyl adjacent to an activating group) is 1. The van der Waals surface area contributed by atoms with Gasteiger partial charge in [-0.25, -0.2) is 8.42 Å². The van der Waals surface area contributed by atoms with Gasteiger partial charge in [0.25, 0.3) is 0 Å². The first kappa shape index (κ1) is 25.1. The molecular weight excluding hydrogens is 438 g/mol. The van der Waals surface area contributed by atoms with Crippen LogP contribution < -0.4 is 11.1 Å². The van der Waals surface area contributed by atoms with Crippen molar-refractivity contribution in [1.82, 2.24) is 14.7 Å². The van der Waals surface area contributed by atoms with E-state index in [4.69, 9.17) is 10.8 Å². The molecule has 0 fully saturated rings. The average molecular weight is 468 g/mol. The highest BCUT2D eigenvalue weighted by molar-refractivity contribution is 7.92. The molecule has 2 aromatic carbocycles. The molecule has 31 heavy (non-hydrogen) atoms. The highest BCUT2D eigenvalue weighted by atomic mass is 35.5. The van der Waals surface area contributed by atoms with Gasteiger partial charge in [-0.3, -0.25) is 4.68 Å². The minimum absolute atomic E-state index is 0. The van der Waals surface area contributed by atoms with Crippen LogP contribution in [-0.4, -0.2) is 61.3 Å². The largest absolute Gasteiger partial charge is 0.412 e. The fourth-order valence-corrected chi connectivity index (χ4v) is 5.84. The molecule has 3 aromatic rings. The van der Waals surface area contributed by atoms with E-state index in [9.17, 15) is 8.42 Å². The lowest BCUT2D eigenvalue weighted by Crippen LogP contribution is -2.27. The number of anilines is 1. The summed E-state index contributed by atoms with van der Waals surface area (Å²) in [6.07, 6.45) is 0. The number of halogens is 1. The van der Waals surface area contributed by atoms with Crippen LogP contribution in [0.3, 0.4) is 0 Å². The predicted molar refractivity (Wildman–Crippen MR) is 127 cm³/mol. The van der Waals surface area contributed by atoms with Gasteiger partial charge in [0.1, 0.15) is 10.6 Å². The lowest BCUT2D eigenvalue weighted by Gasteiger charge is -2.20. The Morgan fingerprint density at radius 2 is 1.84 bits per heavy atom. The van der Waals surface area contributed by atoms with E-state index in [0.717, 1.165) is 30.8 Å². The van der Waals surface area contributed by atoms with Crippen LogP contribution in [0.1, 0.15) is 13.8 Å². The molecule has 0 saturated heterocycles. The molecule has 0 spiro atoms. The zero-order valence-corrected chi connectivity index (χ0v) is 19.4. The first-order valence-corrected chi connectivity index (χ1v) is 11.6. The molecule has 0 atom stereocenters. The number of benzene rings is 2. The molecule has 0 amide bonds. The fraction of sp³-hybridized carbons (Fsp3) is 0.381. The van der Waals surface area contributed by atoms with Crippen molar-refractivity contribution in [1.29, 1.82) is 0 Å². The van der Waals surface area contributed by atoms with Crippen LogP contribution in [0.15, 0.2) is 46.2 Å². The highest BCUT2D eigenvalue weighted by Gasteiger charge is 2.35. The summed E-state index contributed by atoms with van der Waals surface area (Å²) in [5.74, 6) is 0. The molecule has 1 aromatic heterocycles. The van der Waals surface area contributed by atoms with Crippen molar-refractivity contribution in [3.8, 4) is 11.3 Å². The van der Waals surface area contributed by atoms with Crippen LogP contribution in [0.4, 0.5) is 5.69 Å². The second-order valence-corrected chi connectivity index (χ2v) is 9.01. The summed E-state index contributed by atoms with van der Waals surface area (Å²) in [5, 5.41) is 8.74. The number of nitrogens with two attached hydrogens (primary N) is 1. The fourth-order valence-electron chi connectivity index (χ4n) is 4.01. The molecule has 2 heterocycles. The summed E-state index contributed by atoms with van der Waals surface area (Å²) in [6, 6.07) is 10.9. The van der Waals surface area contributed by atoms with Crippen molar-refractivity contribution in [3.05, 3.63) is 36.4 Å². The van der Waals surface area contributed by atoms with E-state index >= 15 is 0 Å². The topological polar surface area (TPSA) is 125 Å². The first-order chi connectivity index (χ1) is 14.0. The zero-order chi connectivity index (χ0) is 20.6. The predicted octanol–water partition coefficient (Wildman–Crippen LogP) is 2.16. The SMILES string of the molecule is CCN(CC)CCn1nc2c3c(c(NCCN)ccc31)S(=O)(=O)c1ccccc1-2.Cl.O. The second-order valence-electron chi connectivity index (χ2n) is 7.15. The third-order valence-electron chi connectivity index (χ3n) is 5.55. The van der Waals surface area contributed by atoms with Gasteiger partial charge in [-0.2, -0.15) is 5.10 Å². The lowest BCUT2D eigenvalue weighted by atomic mass is 10.1. The molecule has 8 nitrogen and oxygen atoms in total. The van der Waals surface area contributed by atoms with E-state index in [-0.39, 0.29) is 17.9 Å². The van der Waals surface area contributed by atoms with E-state index in [0.29, 0.717) is 46.1 Å². The molecule has 0 radical (unpaired) electrons. The van der Waals surface area contributed by atoms with Crippen LogP contribution in [0.25, 0.3) is 22.2 Å². The van der Waals surface area contributed by atoms with Gasteiger partial charge in [-0.1, -0.05) is 32.0 Å². The standard InChI is InChI=1S/C21H27N5O2S.ClH.H2O/c1-3-25(4-2)13-14-26-17-10-9-16(23-12-11-22)21-19(17)20(24-26)15-7-5-6-8-18(15)29(21,27)28;;/h5-10,23H,3-4,11-14,22H2,1-2H3;1H;1H2. The van der Waals surface area contributed by atoms with E-state index in [2.05, 4.69) is 24.1 Å². The minimum Gasteiger partial charge on any atom is -0.412 e. The summed E-state index contributed by atoms with van der Waals surface area (Å²) in [5.41, 5.74) is 8.47. The average Bonchev–Trinajstić information content (AvgIpc) is 3.10. The Morgan fingerprint density at radius 1 is 1.13 bits per heavy atom. The van der Waals surface area contributed by atoms with Crippen LogP contribution in [0.2, 0.25) is 0 Å². The van der Waals surface area contributed by atoms with Gasteiger partial charge >= 0.3 is 0 Å². The minimum atomic E-state index is -3.66. The third-order valence-corrected chi connectivity index (χ3v) is 7.45. The molecule has 1 aliphatic rings. The van der Waals surface area contributed by atoms with Gasteiger partial charge in [0.2, 0.25) is 9.84 Å². The molecule has 1 aliphatic heterocycles. The van der Waals surface area contributed by atoms with Crippen LogP contribution >= 0.6 is 12.4 Å². The van der Waals surface area contributed by atoms with Crippen LogP contribution in [0.5, 0.6) is 0 Å². The van der Waals surface area contributed by atoms with Gasteiger partial charge in [0, 0.05) is 30.6 Å². The quantitative estimate of drug-likeness (QED) is 0.409. The van der Waals surface area contributed by atoms with Crippen molar-refractivity contribution in [2.24, 2.45) is 5.73 Å². The number of sulfone groups is 1. The lowest BCUT2D eigenvalue weighted by molar-refractivity contribution is 0.287. The van der Waals surface area contributed by atoms with Crippen molar-refractivity contribution in [2.75, 3.05) is 38.0 Å². The van der Waals surface area contributed by atoms with Gasteiger partial charge < -0.3 is 21.4 Å².